The molecule has 0 saturated carbocycles. The van der Waals surface area contributed by atoms with Gasteiger partial charge in [-0.3, -0.25) is 9.59 Å². The van der Waals surface area contributed by atoms with E-state index >= 15 is 0 Å². The molecule has 0 heterocycles. The van der Waals surface area contributed by atoms with Crippen LogP contribution >= 0.6 is 0 Å². The number of amides is 1. The van der Waals surface area contributed by atoms with E-state index in [1.54, 1.807) is 0 Å². The molecule has 0 saturated heterocycles. The number of carboxylic acids is 1. The van der Waals surface area contributed by atoms with Gasteiger partial charge in [-0.05, 0) is 18.2 Å². The van der Waals surface area contributed by atoms with Gasteiger partial charge < -0.3 is 20.9 Å². The molecule has 0 aliphatic rings. The molecule has 0 spiro atoms. The lowest BCUT2D eigenvalue weighted by Crippen LogP contribution is -2.34. The van der Waals surface area contributed by atoms with E-state index in [1.807, 2.05) is 0 Å². The van der Waals surface area contributed by atoms with E-state index in [-0.39, 0.29) is 24.2 Å². The zero-order valence-corrected chi connectivity index (χ0v) is 10.4. The van der Waals surface area contributed by atoms with Crippen molar-refractivity contribution in [2.24, 2.45) is 0 Å². The molecule has 1 unspecified atom stereocenters. The summed E-state index contributed by atoms with van der Waals surface area (Å²) in [5.41, 5.74) is 5.71. The third kappa shape index (κ3) is 4.55. The van der Waals surface area contributed by atoms with E-state index in [0.29, 0.717) is 0 Å². The second-order valence-electron chi connectivity index (χ2n) is 3.90. The molecule has 1 aromatic rings. The fourth-order valence-corrected chi connectivity index (χ4v) is 1.46. The molecule has 1 amide bonds. The maximum atomic E-state index is 13.0. The van der Waals surface area contributed by atoms with E-state index < -0.39 is 23.8 Å². The predicted octanol–water partition coefficient (Wildman–Crippen LogP) is 0.627. The fraction of sp³-hybridized carbons (Fsp3) is 0.333. The normalized spacial score (nSPS) is 11.9. The minimum absolute atomic E-state index is 0.00239. The van der Waals surface area contributed by atoms with Crippen molar-refractivity contribution in [3.05, 3.63) is 29.6 Å². The van der Waals surface area contributed by atoms with Gasteiger partial charge in [0.1, 0.15) is 5.82 Å². The van der Waals surface area contributed by atoms with Crippen LogP contribution in [0.25, 0.3) is 0 Å². The highest BCUT2D eigenvalue weighted by molar-refractivity contribution is 5.99. The standard InChI is InChI=1S/C12H15FN2O4/c1-19-8(5-11(16)17)6-15-12(18)9-4-7(13)2-3-10(9)14/h2-4,8H,5-6,14H2,1H3,(H,15,18)(H,16,17). The first-order valence-electron chi connectivity index (χ1n) is 5.52. The second kappa shape index (κ2) is 6.69. The summed E-state index contributed by atoms with van der Waals surface area (Å²) in [6, 6.07) is 3.45. The maximum absolute atomic E-state index is 13.0. The Bertz CT molecular complexity index is 479. The number of carboxylic acid groups (broad SMARTS) is 1. The van der Waals surface area contributed by atoms with Crippen molar-refractivity contribution in [2.45, 2.75) is 12.5 Å². The largest absolute Gasteiger partial charge is 0.481 e. The molecule has 19 heavy (non-hydrogen) atoms. The summed E-state index contributed by atoms with van der Waals surface area (Å²) in [6.45, 7) is -0.00239. The van der Waals surface area contributed by atoms with Crippen molar-refractivity contribution in [1.29, 1.82) is 0 Å². The monoisotopic (exact) mass is 270 g/mol. The average Bonchev–Trinajstić information content (AvgIpc) is 2.36. The van der Waals surface area contributed by atoms with Crippen LogP contribution in [0.4, 0.5) is 10.1 Å². The van der Waals surface area contributed by atoms with Gasteiger partial charge in [0, 0.05) is 19.3 Å². The Morgan fingerprint density at radius 2 is 2.21 bits per heavy atom. The van der Waals surface area contributed by atoms with Crippen LogP contribution in [0.3, 0.4) is 0 Å². The number of hydrogen-bond acceptors (Lipinski definition) is 4. The molecule has 1 rings (SSSR count). The summed E-state index contributed by atoms with van der Waals surface area (Å²) in [5.74, 6) is -2.19. The quantitative estimate of drug-likeness (QED) is 0.658. The van der Waals surface area contributed by atoms with Crippen LogP contribution in [-0.4, -0.2) is 36.7 Å². The van der Waals surface area contributed by atoms with Crippen LogP contribution in [-0.2, 0) is 9.53 Å². The van der Waals surface area contributed by atoms with Crippen molar-refractivity contribution < 1.29 is 23.8 Å². The van der Waals surface area contributed by atoms with Crippen molar-refractivity contribution in [1.82, 2.24) is 5.32 Å². The smallest absolute Gasteiger partial charge is 0.306 e. The molecular weight excluding hydrogens is 255 g/mol. The number of anilines is 1. The van der Waals surface area contributed by atoms with Crippen molar-refractivity contribution in [3.63, 3.8) is 0 Å². The number of rotatable bonds is 6. The van der Waals surface area contributed by atoms with Gasteiger partial charge >= 0.3 is 5.97 Å². The SMILES string of the molecule is COC(CNC(=O)c1cc(F)ccc1N)CC(=O)O. The minimum Gasteiger partial charge on any atom is -0.481 e. The van der Waals surface area contributed by atoms with Crippen LogP contribution < -0.4 is 11.1 Å². The predicted molar refractivity (Wildman–Crippen MR) is 66.2 cm³/mol. The summed E-state index contributed by atoms with van der Waals surface area (Å²) in [4.78, 5) is 22.3. The Hall–Kier alpha value is -2.15. The van der Waals surface area contributed by atoms with Crippen LogP contribution in [0.5, 0.6) is 0 Å². The first-order chi connectivity index (χ1) is 8.93. The molecule has 6 nitrogen and oxygen atoms in total. The Balaban J connectivity index is 2.64. The molecule has 4 N–H and O–H groups in total. The van der Waals surface area contributed by atoms with E-state index in [2.05, 4.69) is 5.32 Å². The Morgan fingerprint density at radius 1 is 1.53 bits per heavy atom. The molecule has 0 aliphatic carbocycles. The number of nitrogens with two attached hydrogens (primary N) is 1. The lowest BCUT2D eigenvalue weighted by molar-refractivity contribution is -0.139. The molecule has 0 aromatic heterocycles. The highest BCUT2D eigenvalue weighted by Gasteiger charge is 2.16. The molecule has 0 bridgehead atoms. The molecule has 0 radical (unpaired) electrons. The lowest BCUT2D eigenvalue weighted by atomic mass is 10.1. The third-order valence-electron chi connectivity index (χ3n) is 2.49. The summed E-state index contributed by atoms with van der Waals surface area (Å²) < 4.78 is 17.9. The highest BCUT2D eigenvalue weighted by atomic mass is 19.1. The summed E-state index contributed by atoms with van der Waals surface area (Å²) in [7, 11) is 1.34. The lowest BCUT2D eigenvalue weighted by Gasteiger charge is -2.14. The number of carbonyl (C=O) groups is 2. The molecule has 1 atom stereocenters. The maximum Gasteiger partial charge on any atom is 0.306 e. The molecule has 7 heteroatoms. The zero-order valence-electron chi connectivity index (χ0n) is 10.4. The topological polar surface area (TPSA) is 102 Å². The first-order valence-corrected chi connectivity index (χ1v) is 5.52. The summed E-state index contributed by atoms with van der Waals surface area (Å²) in [5, 5.41) is 11.1. The molecule has 1 aromatic carbocycles. The van der Waals surface area contributed by atoms with Gasteiger partial charge in [0.05, 0.1) is 18.1 Å². The van der Waals surface area contributed by atoms with Crippen molar-refractivity contribution in [2.75, 3.05) is 19.4 Å². The van der Waals surface area contributed by atoms with Gasteiger partial charge in [-0.15, -0.1) is 0 Å². The van der Waals surface area contributed by atoms with Gasteiger partial charge in [0.25, 0.3) is 5.91 Å². The fourth-order valence-electron chi connectivity index (χ4n) is 1.46. The summed E-state index contributed by atoms with van der Waals surface area (Å²) in [6.07, 6.45) is -0.897. The molecule has 0 aliphatic heterocycles. The first kappa shape index (κ1) is 14.9. The van der Waals surface area contributed by atoms with Crippen LogP contribution in [0.15, 0.2) is 18.2 Å². The van der Waals surface area contributed by atoms with Crippen LogP contribution in [0, 0.1) is 5.82 Å². The van der Waals surface area contributed by atoms with Gasteiger partial charge in [0.2, 0.25) is 0 Å². The molecular formula is C12H15FN2O4. The molecule has 0 fully saturated rings. The third-order valence-corrected chi connectivity index (χ3v) is 2.49. The van der Waals surface area contributed by atoms with Gasteiger partial charge in [-0.1, -0.05) is 0 Å². The number of nitrogen functional groups attached to an aromatic ring is 1. The number of methoxy groups -OCH3 is 1. The van der Waals surface area contributed by atoms with E-state index in [0.717, 1.165) is 12.1 Å². The molecule has 104 valence electrons. The zero-order chi connectivity index (χ0) is 14.4. The average molecular weight is 270 g/mol. The highest BCUT2D eigenvalue weighted by Crippen LogP contribution is 2.13. The number of halogens is 1. The van der Waals surface area contributed by atoms with Crippen LogP contribution in [0.1, 0.15) is 16.8 Å². The number of ether oxygens (including phenoxy) is 1. The van der Waals surface area contributed by atoms with E-state index in [1.165, 1.54) is 13.2 Å². The van der Waals surface area contributed by atoms with Crippen molar-refractivity contribution in [3.8, 4) is 0 Å². The van der Waals surface area contributed by atoms with Gasteiger partial charge in [-0.25, -0.2) is 4.39 Å². The number of aliphatic carboxylic acids is 1. The van der Waals surface area contributed by atoms with Gasteiger partial charge in [-0.2, -0.15) is 0 Å². The van der Waals surface area contributed by atoms with Crippen molar-refractivity contribution >= 4 is 17.6 Å². The van der Waals surface area contributed by atoms with E-state index in [9.17, 15) is 14.0 Å². The van der Waals surface area contributed by atoms with Crippen LogP contribution in [0.2, 0.25) is 0 Å². The van der Waals surface area contributed by atoms with Gasteiger partial charge in [0.15, 0.2) is 0 Å². The second-order valence-corrected chi connectivity index (χ2v) is 3.90. The Kier molecular flexibility index (Phi) is 5.25. The Labute approximate surface area is 109 Å². The number of benzene rings is 1. The van der Waals surface area contributed by atoms with E-state index in [4.69, 9.17) is 15.6 Å². The minimum atomic E-state index is -1.04. The number of nitrogens with one attached hydrogen (secondary N) is 1. The number of carbonyl (C=O) groups excluding carboxylic acids is 1. The Morgan fingerprint density at radius 3 is 2.79 bits per heavy atom. The number of hydrogen-bond donors (Lipinski definition) is 3. The summed E-state index contributed by atoms with van der Waals surface area (Å²) >= 11 is 0.